The number of nitrogens with zero attached hydrogens (tertiary/aromatic N) is 1. The second-order valence-electron chi connectivity index (χ2n) is 11.5. The van der Waals surface area contributed by atoms with E-state index < -0.39 is 5.60 Å². The lowest BCUT2D eigenvalue weighted by atomic mass is 9.58. The molecule has 0 saturated heterocycles. The summed E-state index contributed by atoms with van der Waals surface area (Å²) in [6.45, 7) is 2.41. The molecule has 184 valence electrons. The number of alkyl carbamates (subject to hydrolysis) is 1. The Morgan fingerprint density at radius 2 is 2.06 bits per heavy atom. The Hall–Kier alpha value is -2.66. The standard InChI is InChI=1S/C30H36N2O3/c1-29-12-10-24-16-20-5-6-25(35-28(33)31-2)17-21(20)9-13-30(24,34)27(29)8-7-26(29)22-4-3-19-11-14-32-18-23(19)15-22/h3-4,10-11,14-16,18,21,25-27,34H,5-9,12-13,17H2,1-2H3,(H,31,33)/t21?,25-,26+,27?,29+,30+/m0/s1. The number of rotatable bonds is 2. The van der Waals surface area contributed by atoms with Crippen LogP contribution in [0.5, 0.6) is 0 Å². The molecule has 0 radical (unpaired) electrons. The van der Waals surface area contributed by atoms with E-state index in [0.29, 0.717) is 11.8 Å². The third-order valence-corrected chi connectivity index (χ3v) is 9.76. The van der Waals surface area contributed by atoms with E-state index in [9.17, 15) is 9.90 Å². The van der Waals surface area contributed by atoms with Crippen molar-refractivity contribution >= 4 is 16.9 Å². The Morgan fingerprint density at radius 1 is 1.17 bits per heavy atom. The molecule has 0 aliphatic heterocycles. The molecule has 0 spiro atoms. The molecule has 5 heteroatoms. The van der Waals surface area contributed by atoms with E-state index in [-0.39, 0.29) is 23.5 Å². The molecule has 6 rings (SSSR count). The molecular formula is C30H36N2O3. The van der Waals surface area contributed by atoms with E-state index in [0.717, 1.165) is 56.9 Å². The maximum absolute atomic E-state index is 12.3. The van der Waals surface area contributed by atoms with Gasteiger partial charge in [0.15, 0.2) is 0 Å². The first-order chi connectivity index (χ1) is 16.9. The number of carbonyl (C=O) groups excluding carboxylic acids is 1. The van der Waals surface area contributed by atoms with E-state index in [4.69, 9.17) is 4.74 Å². The molecule has 1 amide bonds. The van der Waals surface area contributed by atoms with Crippen LogP contribution in [-0.4, -0.2) is 34.9 Å². The van der Waals surface area contributed by atoms with Gasteiger partial charge in [-0.2, -0.15) is 0 Å². The number of benzene rings is 1. The average molecular weight is 473 g/mol. The summed E-state index contributed by atoms with van der Waals surface area (Å²) in [6, 6.07) is 8.90. The van der Waals surface area contributed by atoms with Gasteiger partial charge in [-0.1, -0.05) is 36.8 Å². The van der Waals surface area contributed by atoms with Gasteiger partial charge in [0.05, 0.1) is 5.60 Å². The van der Waals surface area contributed by atoms with Crippen LogP contribution in [0.15, 0.2) is 60.0 Å². The van der Waals surface area contributed by atoms with Crippen LogP contribution in [0, 0.1) is 17.3 Å². The summed E-state index contributed by atoms with van der Waals surface area (Å²) < 4.78 is 5.59. The zero-order valence-corrected chi connectivity index (χ0v) is 20.8. The monoisotopic (exact) mass is 472 g/mol. The summed E-state index contributed by atoms with van der Waals surface area (Å²) >= 11 is 0. The van der Waals surface area contributed by atoms with Gasteiger partial charge in [-0.15, -0.1) is 0 Å². The number of ether oxygens (including phenoxy) is 1. The van der Waals surface area contributed by atoms with E-state index in [1.807, 2.05) is 12.4 Å². The normalized spacial score (nSPS) is 36.2. The number of pyridine rings is 1. The van der Waals surface area contributed by atoms with Crippen LogP contribution in [0.2, 0.25) is 0 Å². The van der Waals surface area contributed by atoms with Crippen molar-refractivity contribution in [3.63, 3.8) is 0 Å². The predicted octanol–water partition coefficient (Wildman–Crippen LogP) is 6.04. The molecule has 1 aromatic heterocycles. The van der Waals surface area contributed by atoms with Gasteiger partial charge >= 0.3 is 6.09 Å². The highest BCUT2D eigenvalue weighted by Gasteiger charge is 2.58. The minimum absolute atomic E-state index is 0.0347. The average Bonchev–Trinajstić information content (AvgIpc) is 3.16. The topological polar surface area (TPSA) is 71.5 Å². The molecule has 4 aliphatic rings. The van der Waals surface area contributed by atoms with Crippen LogP contribution in [0.4, 0.5) is 4.79 Å². The van der Waals surface area contributed by atoms with Gasteiger partial charge in [-0.25, -0.2) is 4.79 Å². The van der Waals surface area contributed by atoms with Crippen LogP contribution < -0.4 is 5.32 Å². The third-order valence-electron chi connectivity index (χ3n) is 9.76. The second kappa shape index (κ2) is 8.48. The molecule has 2 aromatic rings. The smallest absolute Gasteiger partial charge is 0.407 e. The number of amides is 1. The summed E-state index contributed by atoms with van der Waals surface area (Å²) in [6.07, 6.45) is 15.7. The Kier molecular flexibility index (Phi) is 5.52. The van der Waals surface area contributed by atoms with Crippen molar-refractivity contribution in [3.05, 3.63) is 65.5 Å². The lowest BCUT2D eigenvalue weighted by Crippen LogP contribution is -2.49. The maximum atomic E-state index is 12.3. The molecule has 1 aromatic carbocycles. The lowest BCUT2D eigenvalue weighted by Gasteiger charge is -2.49. The third kappa shape index (κ3) is 3.70. The fourth-order valence-corrected chi connectivity index (χ4v) is 7.91. The molecule has 1 heterocycles. The minimum Gasteiger partial charge on any atom is -0.446 e. The summed E-state index contributed by atoms with van der Waals surface area (Å²) in [7, 11) is 1.61. The molecule has 2 saturated carbocycles. The summed E-state index contributed by atoms with van der Waals surface area (Å²) in [5.74, 6) is 1.06. The number of hydrogen-bond acceptors (Lipinski definition) is 4. The van der Waals surface area contributed by atoms with Crippen LogP contribution >= 0.6 is 0 Å². The summed E-state index contributed by atoms with van der Waals surface area (Å²) in [5, 5.41) is 17.3. The van der Waals surface area contributed by atoms with E-state index in [1.54, 1.807) is 7.05 Å². The van der Waals surface area contributed by atoms with Gasteiger partial charge in [0, 0.05) is 24.8 Å². The van der Waals surface area contributed by atoms with E-state index in [2.05, 4.69) is 53.6 Å². The van der Waals surface area contributed by atoms with Crippen LogP contribution in [0.1, 0.15) is 69.8 Å². The first-order valence-electron chi connectivity index (χ1n) is 13.3. The molecule has 4 aliphatic carbocycles. The molecule has 5 nitrogen and oxygen atoms in total. The quantitative estimate of drug-likeness (QED) is 0.559. The molecule has 0 bridgehead atoms. The van der Waals surface area contributed by atoms with Crippen LogP contribution in [0.3, 0.4) is 0 Å². The van der Waals surface area contributed by atoms with Crippen LogP contribution in [-0.2, 0) is 4.74 Å². The zero-order chi connectivity index (χ0) is 24.2. The summed E-state index contributed by atoms with van der Waals surface area (Å²) in [4.78, 5) is 16.1. The number of aliphatic hydroxyl groups is 1. The van der Waals surface area contributed by atoms with Gasteiger partial charge in [0.1, 0.15) is 6.10 Å². The molecule has 6 atom stereocenters. The van der Waals surface area contributed by atoms with Crippen molar-refractivity contribution in [2.45, 2.75) is 75.9 Å². The van der Waals surface area contributed by atoms with Crippen molar-refractivity contribution in [2.24, 2.45) is 17.3 Å². The number of nitrogens with one attached hydrogen (secondary N) is 1. The van der Waals surface area contributed by atoms with Gasteiger partial charge in [-0.05, 0) is 103 Å². The minimum atomic E-state index is -0.776. The molecule has 2 N–H and O–H groups in total. The van der Waals surface area contributed by atoms with Gasteiger partial charge in [0.2, 0.25) is 0 Å². The van der Waals surface area contributed by atoms with Crippen molar-refractivity contribution in [2.75, 3.05) is 7.05 Å². The molecule has 2 fully saturated rings. The molecule has 35 heavy (non-hydrogen) atoms. The Balaban J connectivity index is 1.27. The zero-order valence-electron chi connectivity index (χ0n) is 20.8. The van der Waals surface area contributed by atoms with Crippen LogP contribution in [0.25, 0.3) is 10.8 Å². The number of allylic oxidation sites excluding steroid dienone is 2. The van der Waals surface area contributed by atoms with Crippen molar-refractivity contribution in [3.8, 4) is 0 Å². The van der Waals surface area contributed by atoms with Crippen molar-refractivity contribution in [1.82, 2.24) is 10.3 Å². The predicted molar refractivity (Wildman–Crippen MR) is 137 cm³/mol. The number of carbonyl (C=O) groups is 1. The number of hydrogen-bond donors (Lipinski definition) is 2. The number of aromatic nitrogens is 1. The first kappa shape index (κ1) is 22.8. The Bertz CT molecular complexity index is 1220. The second-order valence-corrected chi connectivity index (χ2v) is 11.5. The summed E-state index contributed by atoms with van der Waals surface area (Å²) in [5.41, 5.74) is 3.22. The lowest BCUT2D eigenvalue weighted by molar-refractivity contribution is -0.0480. The highest BCUT2D eigenvalue weighted by atomic mass is 16.6. The fourth-order valence-electron chi connectivity index (χ4n) is 7.91. The van der Waals surface area contributed by atoms with Gasteiger partial charge in [0.25, 0.3) is 0 Å². The van der Waals surface area contributed by atoms with Crippen molar-refractivity contribution in [1.29, 1.82) is 0 Å². The number of fused-ring (bicyclic) bond motifs is 5. The Morgan fingerprint density at radius 3 is 2.91 bits per heavy atom. The first-order valence-corrected chi connectivity index (χ1v) is 13.3. The SMILES string of the molecule is CNC(=O)O[C@H]1CCC2=CC3=CC[C@@]4(C)C(CC[C@@H]4c4ccc5ccncc5c4)[C@@]3(O)CCC2C1. The van der Waals surface area contributed by atoms with Gasteiger partial charge in [-0.3, -0.25) is 4.98 Å². The van der Waals surface area contributed by atoms with E-state index >= 15 is 0 Å². The van der Waals surface area contributed by atoms with E-state index in [1.165, 1.54) is 21.9 Å². The van der Waals surface area contributed by atoms with Gasteiger partial charge < -0.3 is 15.2 Å². The highest BCUT2D eigenvalue weighted by molar-refractivity contribution is 5.82. The maximum Gasteiger partial charge on any atom is 0.407 e. The molecule has 2 unspecified atom stereocenters. The largest absolute Gasteiger partial charge is 0.446 e. The van der Waals surface area contributed by atoms with Crippen molar-refractivity contribution < 1.29 is 14.6 Å². The Labute approximate surface area is 207 Å². The fraction of sp³-hybridized carbons (Fsp3) is 0.533. The molecular weight excluding hydrogens is 436 g/mol. The highest BCUT2D eigenvalue weighted by Crippen LogP contribution is 2.64.